The number of benzene rings is 1. The van der Waals surface area contributed by atoms with E-state index in [9.17, 15) is 13.2 Å². The highest BCUT2D eigenvalue weighted by molar-refractivity contribution is 7.13. The molecule has 0 radical (unpaired) electrons. The molecule has 4 rings (SSSR count). The molecular weight excluding hydrogens is 455 g/mol. The Morgan fingerprint density at radius 3 is 2.36 bits per heavy atom. The third kappa shape index (κ3) is 4.82. The maximum atomic E-state index is 13.1. The molecule has 1 aromatic carbocycles. The van der Waals surface area contributed by atoms with Crippen LogP contribution in [0.5, 0.6) is 11.6 Å². The lowest BCUT2D eigenvalue weighted by Gasteiger charge is -2.10. The van der Waals surface area contributed by atoms with E-state index in [1.807, 2.05) is 45.2 Å². The van der Waals surface area contributed by atoms with Crippen LogP contribution < -0.4 is 9.47 Å². The van der Waals surface area contributed by atoms with E-state index in [2.05, 4.69) is 20.1 Å². The van der Waals surface area contributed by atoms with E-state index in [0.717, 1.165) is 45.0 Å². The van der Waals surface area contributed by atoms with Gasteiger partial charge in [-0.25, -0.2) is 9.97 Å². The van der Waals surface area contributed by atoms with Gasteiger partial charge in [0.05, 0.1) is 18.5 Å². The molecule has 172 valence electrons. The zero-order chi connectivity index (χ0) is 23.8. The first-order valence-electron chi connectivity index (χ1n) is 9.84. The molecule has 0 aliphatic rings. The maximum Gasteiger partial charge on any atom is 0.434 e. The number of methoxy groups -OCH3 is 1. The van der Waals surface area contributed by atoms with Crippen molar-refractivity contribution in [1.29, 1.82) is 0 Å². The third-order valence-corrected chi connectivity index (χ3v) is 5.84. The number of aryl methyl sites for hydroxylation is 2. The Morgan fingerprint density at radius 1 is 1.06 bits per heavy atom. The Hall–Kier alpha value is -3.47. The molecule has 0 fully saturated rings. The molecule has 11 heteroatoms. The molecule has 4 aromatic rings. The molecule has 0 aliphatic carbocycles. The second-order valence-corrected chi connectivity index (χ2v) is 8.11. The number of alkyl halides is 3. The van der Waals surface area contributed by atoms with Crippen LogP contribution in [0.1, 0.15) is 22.6 Å². The summed E-state index contributed by atoms with van der Waals surface area (Å²) in [6, 6.07) is 8.99. The molecule has 0 N–H and O–H groups in total. The number of ether oxygens (including phenoxy) is 2. The zero-order valence-electron chi connectivity index (χ0n) is 18.3. The van der Waals surface area contributed by atoms with Gasteiger partial charge in [-0.1, -0.05) is 12.1 Å². The molecule has 7 nitrogen and oxygen atoms in total. The van der Waals surface area contributed by atoms with Crippen molar-refractivity contribution in [3.05, 3.63) is 58.4 Å². The molecular formula is C22H20F3N5O2S. The number of rotatable bonds is 6. The Balaban J connectivity index is 1.73. The van der Waals surface area contributed by atoms with Crippen LogP contribution in [0.2, 0.25) is 0 Å². The minimum Gasteiger partial charge on any atom is -0.497 e. The first-order valence-corrected chi connectivity index (χ1v) is 10.7. The predicted octanol–water partition coefficient (Wildman–Crippen LogP) is 5.22. The van der Waals surface area contributed by atoms with Crippen LogP contribution in [0, 0.1) is 13.8 Å². The van der Waals surface area contributed by atoms with Crippen molar-refractivity contribution >= 4 is 11.3 Å². The lowest BCUT2D eigenvalue weighted by atomic mass is 10.1. The summed E-state index contributed by atoms with van der Waals surface area (Å²) >= 11 is 0.828. The maximum absolute atomic E-state index is 13.1. The van der Waals surface area contributed by atoms with E-state index in [0.29, 0.717) is 5.69 Å². The molecule has 0 unspecified atom stereocenters. The number of aromatic nitrogens is 5. The second kappa shape index (κ2) is 8.81. The monoisotopic (exact) mass is 475 g/mol. The topological polar surface area (TPSA) is 75.0 Å². The second-order valence-electron chi connectivity index (χ2n) is 7.26. The van der Waals surface area contributed by atoms with Crippen molar-refractivity contribution in [2.24, 2.45) is 7.05 Å². The molecule has 0 amide bonds. The molecule has 33 heavy (non-hydrogen) atoms. The highest BCUT2D eigenvalue weighted by atomic mass is 32.1. The fourth-order valence-electron chi connectivity index (χ4n) is 3.25. The zero-order valence-corrected chi connectivity index (χ0v) is 19.1. The molecule has 0 saturated heterocycles. The van der Waals surface area contributed by atoms with Crippen molar-refractivity contribution in [3.8, 4) is 33.7 Å². The minimum absolute atomic E-state index is 0.0534. The van der Waals surface area contributed by atoms with E-state index in [4.69, 9.17) is 9.47 Å². The van der Waals surface area contributed by atoms with Gasteiger partial charge in [-0.15, -0.1) is 11.3 Å². The summed E-state index contributed by atoms with van der Waals surface area (Å²) in [4.78, 5) is 12.5. The first-order chi connectivity index (χ1) is 15.7. The van der Waals surface area contributed by atoms with Crippen LogP contribution in [0.3, 0.4) is 0 Å². The van der Waals surface area contributed by atoms with Gasteiger partial charge in [0, 0.05) is 29.8 Å². The molecule has 0 aliphatic heterocycles. The number of nitrogens with zero attached hydrogens (tertiary/aromatic N) is 5. The average molecular weight is 475 g/mol. The normalized spacial score (nSPS) is 11.6. The van der Waals surface area contributed by atoms with Gasteiger partial charge in [0.2, 0.25) is 5.88 Å². The quantitative estimate of drug-likeness (QED) is 0.381. The third-order valence-electron chi connectivity index (χ3n) is 5.00. The lowest BCUT2D eigenvalue weighted by Crippen LogP contribution is -2.05. The van der Waals surface area contributed by atoms with Gasteiger partial charge in [0.25, 0.3) is 0 Å². The minimum atomic E-state index is -4.55. The summed E-state index contributed by atoms with van der Waals surface area (Å²) < 4.78 is 52.0. The van der Waals surface area contributed by atoms with Crippen molar-refractivity contribution in [2.45, 2.75) is 26.6 Å². The summed E-state index contributed by atoms with van der Waals surface area (Å²) in [6.07, 6.45) is -4.55. The highest BCUT2D eigenvalue weighted by Crippen LogP contribution is 2.35. The van der Waals surface area contributed by atoms with Crippen molar-refractivity contribution in [3.63, 3.8) is 0 Å². The van der Waals surface area contributed by atoms with Crippen LogP contribution in [-0.2, 0) is 19.8 Å². The smallest absolute Gasteiger partial charge is 0.434 e. The van der Waals surface area contributed by atoms with Gasteiger partial charge in [-0.3, -0.25) is 4.68 Å². The highest BCUT2D eigenvalue weighted by Gasteiger charge is 2.34. The van der Waals surface area contributed by atoms with Gasteiger partial charge in [0.1, 0.15) is 12.4 Å². The fourth-order valence-corrected chi connectivity index (χ4v) is 4.01. The summed E-state index contributed by atoms with van der Waals surface area (Å²) in [5.41, 5.74) is 2.75. The first kappa shape index (κ1) is 22.7. The van der Waals surface area contributed by atoms with Gasteiger partial charge in [0.15, 0.2) is 16.5 Å². The van der Waals surface area contributed by atoms with E-state index in [-0.39, 0.29) is 23.3 Å². The molecule has 0 saturated carbocycles. The fraction of sp³-hybridized carbons (Fsp3) is 0.273. The Bertz CT molecular complexity index is 1280. The van der Waals surface area contributed by atoms with E-state index < -0.39 is 11.9 Å². The van der Waals surface area contributed by atoms with Crippen LogP contribution in [0.15, 0.2) is 35.7 Å². The standard InChI is InChI=1S/C22H20F3N5O2S/c1-12-19(13(2)30(3)29-12)16-9-18(32-10-14-5-7-15(31-4)8-6-14)28-20(26-16)21-27-17(11-33-21)22(23,24)25/h5-9,11H,10H2,1-4H3. The van der Waals surface area contributed by atoms with Gasteiger partial charge in [-0.05, 0) is 31.5 Å². The molecule has 0 bridgehead atoms. The van der Waals surface area contributed by atoms with E-state index >= 15 is 0 Å². The summed E-state index contributed by atoms with van der Waals surface area (Å²) in [7, 11) is 3.39. The SMILES string of the molecule is COc1ccc(COc2cc(-c3c(C)nn(C)c3C)nc(-c3nc(C(F)(F)F)cs3)n2)cc1. The predicted molar refractivity (Wildman–Crippen MR) is 117 cm³/mol. The van der Waals surface area contributed by atoms with Crippen molar-refractivity contribution in [1.82, 2.24) is 24.7 Å². The molecule has 3 aromatic heterocycles. The van der Waals surface area contributed by atoms with Crippen LogP contribution in [-0.4, -0.2) is 31.8 Å². The summed E-state index contributed by atoms with van der Waals surface area (Å²) in [5, 5.41) is 5.41. The number of halogens is 3. The number of thiazole rings is 1. The van der Waals surface area contributed by atoms with E-state index in [1.54, 1.807) is 17.9 Å². The average Bonchev–Trinajstić information content (AvgIpc) is 3.37. The van der Waals surface area contributed by atoms with E-state index in [1.165, 1.54) is 0 Å². The van der Waals surface area contributed by atoms with Crippen molar-refractivity contribution < 1.29 is 22.6 Å². The van der Waals surface area contributed by atoms with Gasteiger partial charge in [-0.2, -0.15) is 23.3 Å². The van der Waals surface area contributed by atoms with Crippen molar-refractivity contribution in [2.75, 3.05) is 7.11 Å². The van der Waals surface area contributed by atoms with Gasteiger partial charge >= 0.3 is 6.18 Å². The molecule has 0 spiro atoms. The molecule has 3 heterocycles. The largest absolute Gasteiger partial charge is 0.497 e. The molecule has 0 atom stereocenters. The van der Waals surface area contributed by atoms with Crippen LogP contribution in [0.25, 0.3) is 22.1 Å². The van der Waals surface area contributed by atoms with Crippen LogP contribution >= 0.6 is 11.3 Å². The Labute approximate surface area is 191 Å². The number of hydrogen-bond acceptors (Lipinski definition) is 7. The lowest BCUT2D eigenvalue weighted by molar-refractivity contribution is -0.140. The number of hydrogen-bond donors (Lipinski definition) is 0. The Morgan fingerprint density at radius 2 is 1.79 bits per heavy atom. The van der Waals surface area contributed by atoms with Gasteiger partial charge < -0.3 is 9.47 Å². The van der Waals surface area contributed by atoms with Crippen LogP contribution in [0.4, 0.5) is 13.2 Å². The Kier molecular flexibility index (Phi) is 6.07. The summed E-state index contributed by atoms with van der Waals surface area (Å²) in [6.45, 7) is 3.93. The summed E-state index contributed by atoms with van der Waals surface area (Å²) in [5.74, 6) is 0.995.